The molecule has 1 fully saturated rings. The number of rotatable bonds is 8. The van der Waals surface area contributed by atoms with Crippen molar-refractivity contribution in [3.05, 3.63) is 53.1 Å². The first kappa shape index (κ1) is 24.9. The van der Waals surface area contributed by atoms with Crippen LogP contribution in [0.4, 0.5) is 5.95 Å². The summed E-state index contributed by atoms with van der Waals surface area (Å²) in [7, 11) is 1.85. The zero-order valence-electron chi connectivity index (χ0n) is 21.7. The molecule has 37 heavy (non-hydrogen) atoms. The van der Waals surface area contributed by atoms with Crippen molar-refractivity contribution in [3.8, 4) is 17.1 Å². The third kappa shape index (κ3) is 4.92. The second kappa shape index (κ2) is 9.91. The third-order valence-electron chi connectivity index (χ3n) is 7.81. The third-order valence-corrected chi connectivity index (χ3v) is 7.81. The number of aromatic nitrogens is 6. The van der Waals surface area contributed by atoms with Gasteiger partial charge in [-0.3, -0.25) is 4.79 Å². The Morgan fingerprint density at radius 1 is 1.24 bits per heavy atom. The molecule has 0 radical (unpaired) electrons. The van der Waals surface area contributed by atoms with Crippen LogP contribution in [0.25, 0.3) is 11.4 Å². The molecule has 0 spiro atoms. The molecule has 5 rings (SSSR count). The van der Waals surface area contributed by atoms with Crippen LogP contribution in [-0.4, -0.2) is 47.1 Å². The van der Waals surface area contributed by atoms with E-state index in [1.807, 2.05) is 32.2 Å². The van der Waals surface area contributed by atoms with Gasteiger partial charge in [-0.15, -0.1) is 5.10 Å². The molecular weight excluding hydrogens is 470 g/mol. The monoisotopic (exact) mass is 503 g/mol. The van der Waals surface area contributed by atoms with E-state index in [1.54, 1.807) is 10.9 Å². The predicted molar refractivity (Wildman–Crippen MR) is 138 cm³/mol. The molecule has 1 saturated carbocycles. The number of allylic oxidation sites excluding steroid dienone is 2. The summed E-state index contributed by atoms with van der Waals surface area (Å²) in [5, 5.41) is 21.3. The minimum atomic E-state index is -0.747. The maximum Gasteiger partial charge on any atom is 0.306 e. The topological polar surface area (TPSA) is 128 Å². The zero-order chi connectivity index (χ0) is 26.2. The number of hydrogen-bond acceptors (Lipinski definition) is 8. The standard InChI is InChI=1S/C27H33N7O3/c1-16-10-12-27(16,3)23-11-13-28-26(31-23)29-15-21-24(32-33-34(21)4)20-8-9-22(17(2)30-20)37-19-7-5-6-18(14-19)25(35)36/h8-11,13,18-19H,5-7,12,14-15H2,1-4H3,(H,35,36)(H,28,29,31)/t18-,19-,27?/m0/s1. The minimum Gasteiger partial charge on any atom is -0.489 e. The van der Waals surface area contributed by atoms with Gasteiger partial charge in [-0.05, 0) is 71.1 Å². The SMILES string of the molecule is CC1=CCC1(C)c1ccnc(NCc2c(-c3ccc(O[C@H]4CCC[C@H](C(=O)O)C4)c(C)n3)nnn2C)n1. The van der Waals surface area contributed by atoms with E-state index < -0.39 is 5.97 Å². The highest BCUT2D eigenvalue weighted by Gasteiger charge is 2.35. The van der Waals surface area contributed by atoms with E-state index in [9.17, 15) is 9.90 Å². The molecule has 0 aliphatic heterocycles. The van der Waals surface area contributed by atoms with Gasteiger partial charge in [0.2, 0.25) is 5.95 Å². The van der Waals surface area contributed by atoms with Gasteiger partial charge >= 0.3 is 5.97 Å². The van der Waals surface area contributed by atoms with Crippen LogP contribution in [0.2, 0.25) is 0 Å². The minimum absolute atomic E-state index is 0.0317. The fourth-order valence-corrected chi connectivity index (χ4v) is 5.07. The first-order chi connectivity index (χ1) is 17.7. The lowest BCUT2D eigenvalue weighted by molar-refractivity contribution is -0.143. The van der Waals surface area contributed by atoms with Crippen LogP contribution in [0.1, 0.15) is 63.0 Å². The zero-order valence-corrected chi connectivity index (χ0v) is 21.7. The van der Waals surface area contributed by atoms with E-state index in [0.29, 0.717) is 42.5 Å². The number of ether oxygens (including phenoxy) is 1. The van der Waals surface area contributed by atoms with Crippen LogP contribution >= 0.6 is 0 Å². The van der Waals surface area contributed by atoms with Gasteiger partial charge in [0, 0.05) is 18.7 Å². The molecule has 1 unspecified atom stereocenters. The van der Waals surface area contributed by atoms with Gasteiger partial charge in [-0.25, -0.2) is 19.6 Å². The Kier molecular flexibility index (Phi) is 6.66. The molecule has 3 aromatic heterocycles. The number of carbonyl (C=O) groups is 1. The Bertz CT molecular complexity index is 1350. The number of hydrogen-bond donors (Lipinski definition) is 2. The molecule has 10 nitrogen and oxygen atoms in total. The largest absolute Gasteiger partial charge is 0.489 e. The van der Waals surface area contributed by atoms with Gasteiger partial charge in [0.1, 0.15) is 11.4 Å². The maximum absolute atomic E-state index is 11.4. The number of pyridine rings is 1. The van der Waals surface area contributed by atoms with Crippen LogP contribution in [0, 0.1) is 12.8 Å². The number of carboxylic acids is 1. The molecule has 0 aromatic carbocycles. The van der Waals surface area contributed by atoms with Crippen molar-refractivity contribution in [2.24, 2.45) is 13.0 Å². The number of carboxylic acid groups (broad SMARTS) is 1. The Balaban J connectivity index is 1.30. The van der Waals surface area contributed by atoms with Crippen LogP contribution in [0.5, 0.6) is 5.75 Å². The average Bonchev–Trinajstić information content (AvgIpc) is 3.27. The molecular formula is C27H33N7O3. The van der Waals surface area contributed by atoms with Crippen molar-refractivity contribution in [3.63, 3.8) is 0 Å². The molecule has 3 heterocycles. The van der Waals surface area contributed by atoms with Crippen molar-refractivity contribution < 1.29 is 14.6 Å². The van der Waals surface area contributed by atoms with Gasteiger partial charge in [0.05, 0.1) is 41.3 Å². The summed E-state index contributed by atoms with van der Waals surface area (Å²) < 4.78 is 7.88. The lowest BCUT2D eigenvalue weighted by Crippen LogP contribution is -2.31. The van der Waals surface area contributed by atoms with Gasteiger partial charge in [0.25, 0.3) is 0 Å². The van der Waals surface area contributed by atoms with Crippen LogP contribution in [0.3, 0.4) is 0 Å². The van der Waals surface area contributed by atoms with Gasteiger partial charge in [0.15, 0.2) is 0 Å². The molecule has 3 aromatic rings. The fourth-order valence-electron chi connectivity index (χ4n) is 5.07. The second-order valence-electron chi connectivity index (χ2n) is 10.3. The summed E-state index contributed by atoms with van der Waals surface area (Å²) in [5.74, 6) is 0.138. The maximum atomic E-state index is 11.4. The normalized spacial score (nSPS) is 23.2. The highest BCUT2D eigenvalue weighted by Crippen LogP contribution is 2.42. The summed E-state index contributed by atoms with van der Waals surface area (Å²) >= 11 is 0. The predicted octanol–water partition coefficient (Wildman–Crippen LogP) is 4.22. The summed E-state index contributed by atoms with van der Waals surface area (Å²) in [6, 6.07) is 5.73. The lowest BCUT2D eigenvalue weighted by atomic mass is 9.68. The van der Waals surface area contributed by atoms with E-state index in [-0.39, 0.29) is 17.4 Å². The first-order valence-corrected chi connectivity index (χ1v) is 12.8. The lowest BCUT2D eigenvalue weighted by Gasteiger charge is -2.36. The Morgan fingerprint density at radius 3 is 2.78 bits per heavy atom. The summed E-state index contributed by atoms with van der Waals surface area (Å²) in [6.45, 7) is 6.67. The van der Waals surface area contributed by atoms with Crippen molar-refractivity contribution in [1.29, 1.82) is 0 Å². The molecule has 2 aliphatic carbocycles. The van der Waals surface area contributed by atoms with E-state index in [1.165, 1.54) is 5.57 Å². The van der Waals surface area contributed by atoms with Crippen LogP contribution in [0.15, 0.2) is 36.0 Å². The molecule has 2 N–H and O–H groups in total. The Hall–Kier alpha value is -3.82. The van der Waals surface area contributed by atoms with Gasteiger partial charge in [-0.2, -0.15) is 0 Å². The highest BCUT2D eigenvalue weighted by atomic mass is 16.5. The van der Waals surface area contributed by atoms with Crippen LogP contribution in [-0.2, 0) is 23.8 Å². The number of nitrogens with one attached hydrogen (secondary N) is 1. The fraction of sp³-hybridized carbons (Fsp3) is 0.481. The molecule has 0 bridgehead atoms. The van der Waals surface area contributed by atoms with E-state index >= 15 is 0 Å². The smallest absolute Gasteiger partial charge is 0.306 e. The van der Waals surface area contributed by atoms with Gasteiger partial charge < -0.3 is 15.2 Å². The molecule has 10 heteroatoms. The van der Waals surface area contributed by atoms with Crippen molar-refractivity contribution in [2.75, 3.05) is 5.32 Å². The molecule has 2 aliphatic rings. The Labute approximate surface area is 216 Å². The van der Waals surface area contributed by atoms with E-state index in [0.717, 1.165) is 36.3 Å². The first-order valence-electron chi connectivity index (χ1n) is 12.8. The van der Waals surface area contributed by atoms with Crippen molar-refractivity contribution >= 4 is 11.9 Å². The number of nitrogens with zero attached hydrogens (tertiary/aromatic N) is 6. The van der Waals surface area contributed by atoms with Crippen molar-refractivity contribution in [2.45, 2.75) is 70.9 Å². The van der Waals surface area contributed by atoms with Gasteiger partial charge in [-0.1, -0.05) is 16.9 Å². The quantitative estimate of drug-likeness (QED) is 0.434. The molecule has 194 valence electrons. The Morgan fingerprint density at radius 2 is 2.08 bits per heavy atom. The summed E-state index contributed by atoms with van der Waals surface area (Å²) in [4.78, 5) is 25.3. The number of aliphatic carboxylic acids is 1. The van der Waals surface area contributed by atoms with E-state index in [2.05, 4.69) is 40.5 Å². The second-order valence-corrected chi connectivity index (χ2v) is 10.3. The average molecular weight is 504 g/mol. The van der Waals surface area contributed by atoms with Crippen molar-refractivity contribution in [1.82, 2.24) is 29.9 Å². The summed E-state index contributed by atoms with van der Waals surface area (Å²) in [5.41, 5.74) is 5.26. The number of anilines is 1. The highest BCUT2D eigenvalue weighted by molar-refractivity contribution is 5.70. The van der Waals surface area contributed by atoms with E-state index in [4.69, 9.17) is 14.7 Å². The molecule has 3 atom stereocenters. The summed E-state index contributed by atoms with van der Waals surface area (Å²) in [6.07, 6.45) is 7.82. The molecule has 0 amide bonds. The number of aryl methyl sites for hydroxylation is 2. The van der Waals surface area contributed by atoms with Crippen LogP contribution < -0.4 is 10.1 Å². The molecule has 0 saturated heterocycles.